The normalized spacial score (nSPS) is 20.0. The van der Waals surface area contributed by atoms with Crippen LogP contribution in [0.2, 0.25) is 0 Å². The van der Waals surface area contributed by atoms with E-state index in [9.17, 15) is 0 Å². The van der Waals surface area contributed by atoms with Crippen molar-refractivity contribution in [2.45, 2.75) is 32.2 Å². The van der Waals surface area contributed by atoms with Crippen molar-refractivity contribution in [1.29, 1.82) is 0 Å². The molecule has 0 aromatic carbocycles. The average Bonchev–Trinajstić information content (AvgIpc) is 2.69. The van der Waals surface area contributed by atoms with E-state index < -0.39 is 0 Å². The van der Waals surface area contributed by atoms with Crippen molar-refractivity contribution in [3.8, 4) is 0 Å². The molecule has 0 aromatic heterocycles. The van der Waals surface area contributed by atoms with E-state index in [1.807, 2.05) is 0 Å². The highest BCUT2D eigenvalue weighted by Gasteiger charge is 2.20. The van der Waals surface area contributed by atoms with Crippen LogP contribution in [-0.2, 0) is 0 Å². The van der Waals surface area contributed by atoms with Crippen molar-refractivity contribution in [1.82, 2.24) is 10.2 Å². The summed E-state index contributed by atoms with van der Waals surface area (Å²) in [4.78, 5) is 2.23. The first kappa shape index (κ1) is 10.0. The van der Waals surface area contributed by atoms with Crippen LogP contribution in [0.25, 0.3) is 0 Å². The topological polar surface area (TPSA) is 15.3 Å². The molecule has 0 aromatic rings. The molecule has 0 spiro atoms. The largest absolute Gasteiger partial charge is 0.313 e. The van der Waals surface area contributed by atoms with E-state index >= 15 is 0 Å². The zero-order valence-corrected chi connectivity index (χ0v) is 8.64. The van der Waals surface area contributed by atoms with Crippen molar-refractivity contribution < 1.29 is 0 Å². The second-order valence-electron chi connectivity index (χ2n) is 4.35. The number of hydrogen-bond acceptors (Lipinski definition) is 2. The molecule has 1 aliphatic carbocycles. The first-order chi connectivity index (χ1) is 5.68. The number of nitrogens with one attached hydrogen (secondary N) is 1. The molecule has 12 heavy (non-hydrogen) atoms. The molecular formula is C10H22N2. The molecule has 1 fully saturated rings. The predicted molar refractivity (Wildman–Crippen MR) is 53.4 cm³/mol. The second-order valence-corrected chi connectivity index (χ2v) is 4.35. The van der Waals surface area contributed by atoms with E-state index in [4.69, 9.17) is 0 Å². The number of likely N-dealkylation sites (N-methyl/N-ethyl adjacent to an activating group) is 1. The molecule has 0 bridgehead atoms. The first-order valence-electron chi connectivity index (χ1n) is 5.06. The van der Waals surface area contributed by atoms with Crippen LogP contribution in [0.15, 0.2) is 0 Å². The van der Waals surface area contributed by atoms with Gasteiger partial charge in [0.05, 0.1) is 0 Å². The third kappa shape index (κ3) is 4.73. The van der Waals surface area contributed by atoms with Gasteiger partial charge in [-0.25, -0.2) is 0 Å². The Labute approximate surface area is 76.3 Å². The molecule has 0 aliphatic heterocycles. The van der Waals surface area contributed by atoms with Crippen molar-refractivity contribution in [2.24, 2.45) is 5.92 Å². The summed E-state index contributed by atoms with van der Waals surface area (Å²) < 4.78 is 0. The van der Waals surface area contributed by atoms with E-state index in [0.717, 1.165) is 12.5 Å². The fraction of sp³-hybridized carbons (Fsp3) is 1.00. The van der Waals surface area contributed by atoms with Crippen LogP contribution in [0.1, 0.15) is 26.2 Å². The average molecular weight is 170 g/mol. The summed E-state index contributed by atoms with van der Waals surface area (Å²) in [7, 11) is 4.25. The minimum absolute atomic E-state index is 0.638. The van der Waals surface area contributed by atoms with Gasteiger partial charge in [0.15, 0.2) is 0 Å². The molecule has 1 aliphatic rings. The third-order valence-corrected chi connectivity index (χ3v) is 2.38. The van der Waals surface area contributed by atoms with Gasteiger partial charge in [0.2, 0.25) is 0 Å². The van der Waals surface area contributed by atoms with Crippen molar-refractivity contribution in [3.63, 3.8) is 0 Å². The number of nitrogens with zero attached hydrogens (tertiary/aromatic N) is 1. The lowest BCUT2D eigenvalue weighted by Crippen LogP contribution is -2.36. The van der Waals surface area contributed by atoms with Gasteiger partial charge < -0.3 is 10.2 Å². The molecule has 2 heteroatoms. The van der Waals surface area contributed by atoms with E-state index in [1.54, 1.807) is 0 Å². The van der Waals surface area contributed by atoms with E-state index in [2.05, 4.69) is 31.2 Å². The van der Waals surface area contributed by atoms with Crippen molar-refractivity contribution >= 4 is 0 Å². The third-order valence-electron chi connectivity index (χ3n) is 2.38. The lowest BCUT2D eigenvalue weighted by Gasteiger charge is -2.18. The molecule has 1 N–H and O–H groups in total. The lowest BCUT2D eigenvalue weighted by molar-refractivity contribution is 0.348. The van der Waals surface area contributed by atoms with E-state index in [1.165, 1.54) is 25.8 Å². The summed E-state index contributed by atoms with van der Waals surface area (Å²) in [5, 5.41) is 3.54. The quantitative estimate of drug-likeness (QED) is 0.647. The number of hydrogen-bond donors (Lipinski definition) is 1. The van der Waals surface area contributed by atoms with Gasteiger partial charge in [-0.1, -0.05) is 12.8 Å². The smallest absolute Gasteiger partial charge is 0.0166 e. The highest BCUT2D eigenvalue weighted by atomic mass is 15.1. The summed E-state index contributed by atoms with van der Waals surface area (Å²) in [6.45, 7) is 4.61. The molecule has 1 saturated carbocycles. The van der Waals surface area contributed by atoms with Crippen LogP contribution in [0.3, 0.4) is 0 Å². The Bertz CT molecular complexity index is 119. The molecule has 0 saturated heterocycles. The molecule has 2 nitrogen and oxygen atoms in total. The highest BCUT2D eigenvalue weighted by molar-refractivity contribution is 4.74. The van der Waals surface area contributed by atoms with Gasteiger partial charge in [0, 0.05) is 12.6 Å². The van der Waals surface area contributed by atoms with Crippen LogP contribution in [0, 0.1) is 5.92 Å². The van der Waals surface area contributed by atoms with Crippen LogP contribution >= 0.6 is 0 Å². The zero-order valence-electron chi connectivity index (χ0n) is 8.64. The van der Waals surface area contributed by atoms with E-state index in [-0.39, 0.29) is 0 Å². The maximum Gasteiger partial charge on any atom is 0.0166 e. The van der Waals surface area contributed by atoms with Crippen molar-refractivity contribution in [2.75, 3.05) is 27.2 Å². The van der Waals surface area contributed by atoms with Gasteiger partial charge in [-0.3, -0.25) is 0 Å². The molecule has 0 radical (unpaired) electrons. The Balaban J connectivity index is 1.89. The van der Waals surface area contributed by atoms with Crippen LogP contribution in [-0.4, -0.2) is 38.1 Å². The zero-order chi connectivity index (χ0) is 8.97. The molecule has 1 atom stereocenters. The standard InChI is InChI=1S/C10H22N2/c1-9(8-12(2)3)11-7-6-10-4-5-10/h9-11H,4-8H2,1-3H3. The summed E-state index contributed by atoms with van der Waals surface area (Å²) in [5.74, 6) is 1.06. The Kier molecular flexibility index (Phi) is 4.02. The predicted octanol–water partition coefficient (Wildman–Crippen LogP) is 1.33. The second kappa shape index (κ2) is 4.83. The maximum atomic E-state index is 3.54. The summed E-state index contributed by atoms with van der Waals surface area (Å²) in [5.41, 5.74) is 0. The molecule has 1 rings (SSSR count). The first-order valence-corrected chi connectivity index (χ1v) is 5.06. The van der Waals surface area contributed by atoms with Gasteiger partial charge in [-0.15, -0.1) is 0 Å². The lowest BCUT2D eigenvalue weighted by atomic mass is 10.2. The van der Waals surface area contributed by atoms with Crippen LogP contribution in [0.4, 0.5) is 0 Å². The SMILES string of the molecule is CC(CN(C)C)NCCC1CC1. The van der Waals surface area contributed by atoms with Gasteiger partial charge in [-0.05, 0) is 39.9 Å². The fourth-order valence-corrected chi connectivity index (χ4v) is 1.55. The molecular weight excluding hydrogens is 148 g/mol. The van der Waals surface area contributed by atoms with Gasteiger partial charge in [0.25, 0.3) is 0 Å². The summed E-state index contributed by atoms with van der Waals surface area (Å²) in [6, 6.07) is 0.638. The summed E-state index contributed by atoms with van der Waals surface area (Å²) >= 11 is 0. The van der Waals surface area contributed by atoms with Gasteiger partial charge in [-0.2, -0.15) is 0 Å². The van der Waals surface area contributed by atoms with Crippen LogP contribution in [0.5, 0.6) is 0 Å². The molecule has 1 unspecified atom stereocenters. The van der Waals surface area contributed by atoms with Crippen molar-refractivity contribution in [3.05, 3.63) is 0 Å². The number of rotatable bonds is 6. The van der Waals surface area contributed by atoms with Crippen LogP contribution < -0.4 is 5.32 Å². The van der Waals surface area contributed by atoms with Gasteiger partial charge in [0.1, 0.15) is 0 Å². The monoisotopic (exact) mass is 170 g/mol. The molecule has 0 amide bonds. The maximum absolute atomic E-state index is 3.54. The molecule has 72 valence electrons. The fourth-order valence-electron chi connectivity index (χ4n) is 1.55. The Morgan fingerprint density at radius 1 is 1.42 bits per heavy atom. The Morgan fingerprint density at radius 2 is 2.08 bits per heavy atom. The Hall–Kier alpha value is -0.0800. The van der Waals surface area contributed by atoms with Gasteiger partial charge >= 0.3 is 0 Å². The Morgan fingerprint density at radius 3 is 2.58 bits per heavy atom. The minimum Gasteiger partial charge on any atom is -0.313 e. The van der Waals surface area contributed by atoms with E-state index in [0.29, 0.717) is 6.04 Å². The summed E-state index contributed by atoms with van der Waals surface area (Å²) in [6.07, 6.45) is 4.34. The molecule has 0 heterocycles. The highest BCUT2D eigenvalue weighted by Crippen LogP contribution is 2.31. The minimum atomic E-state index is 0.638.